The van der Waals surface area contributed by atoms with E-state index in [4.69, 9.17) is 11.6 Å². The summed E-state index contributed by atoms with van der Waals surface area (Å²) in [5.41, 5.74) is 1.58. The summed E-state index contributed by atoms with van der Waals surface area (Å²) in [6.07, 6.45) is 0. The van der Waals surface area contributed by atoms with Crippen LogP contribution in [0.2, 0.25) is 5.02 Å². The standard InChI is InChI=1S/C12H17ClN2O/c1-9-4-5-10(11(13)8-9)12(16)14-6-7-15(2)3/h4-5,8H,6-7H2,1-3H3,(H,14,16). The zero-order valence-electron chi connectivity index (χ0n) is 9.88. The molecule has 1 rings (SSSR count). The molecule has 0 unspecified atom stereocenters. The lowest BCUT2D eigenvalue weighted by atomic mass is 10.1. The normalized spacial score (nSPS) is 10.6. The molecule has 1 aromatic carbocycles. The lowest BCUT2D eigenvalue weighted by molar-refractivity contribution is 0.0951. The minimum absolute atomic E-state index is 0.119. The van der Waals surface area contributed by atoms with Crippen LogP contribution in [0.4, 0.5) is 0 Å². The third kappa shape index (κ3) is 3.83. The predicted octanol–water partition coefficient (Wildman–Crippen LogP) is 1.94. The molecule has 1 amide bonds. The third-order valence-corrected chi connectivity index (χ3v) is 2.53. The summed E-state index contributed by atoms with van der Waals surface area (Å²) in [4.78, 5) is 13.8. The van der Waals surface area contributed by atoms with Gasteiger partial charge in [0, 0.05) is 13.1 Å². The highest BCUT2D eigenvalue weighted by Gasteiger charge is 2.09. The number of carbonyl (C=O) groups excluding carboxylic acids is 1. The molecule has 0 fully saturated rings. The monoisotopic (exact) mass is 240 g/mol. The summed E-state index contributed by atoms with van der Waals surface area (Å²) in [5, 5.41) is 3.33. The fourth-order valence-corrected chi connectivity index (χ4v) is 1.61. The minimum Gasteiger partial charge on any atom is -0.351 e. The minimum atomic E-state index is -0.119. The lowest BCUT2D eigenvalue weighted by Crippen LogP contribution is -2.31. The van der Waals surface area contributed by atoms with E-state index >= 15 is 0 Å². The van der Waals surface area contributed by atoms with Crippen LogP contribution in [0.5, 0.6) is 0 Å². The van der Waals surface area contributed by atoms with E-state index in [9.17, 15) is 4.79 Å². The highest BCUT2D eigenvalue weighted by atomic mass is 35.5. The summed E-state index contributed by atoms with van der Waals surface area (Å²) >= 11 is 5.99. The smallest absolute Gasteiger partial charge is 0.252 e. The van der Waals surface area contributed by atoms with E-state index < -0.39 is 0 Å². The van der Waals surface area contributed by atoms with Gasteiger partial charge in [0.25, 0.3) is 5.91 Å². The molecule has 0 atom stereocenters. The van der Waals surface area contributed by atoms with Crippen LogP contribution in [-0.4, -0.2) is 38.0 Å². The second-order valence-electron chi connectivity index (χ2n) is 4.04. The summed E-state index contributed by atoms with van der Waals surface area (Å²) in [6.45, 7) is 3.38. The van der Waals surface area contributed by atoms with Crippen LogP contribution in [0.25, 0.3) is 0 Å². The summed E-state index contributed by atoms with van der Waals surface area (Å²) in [6, 6.07) is 5.43. The molecule has 0 heterocycles. The van der Waals surface area contributed by atoms with E-state index in [0.717, 1.165) is 12.1 Å². The number of benzene rings is 1. The van der Waals surface area contributed by atoms with Crippen LogP contribution < -0.4 is 5.32 Å². The first-order valence-electron chi connectivity index (χ1n) is 5.20. The molecule has 3 nitrogen and oxygen atoms in total. The van der Waals surface area contributed by atoms with Gasteiger partial charge in [-0.3, -0.25) is 4.79 Å². The van der Waals surface area contributed by atoms with Gasteiger partial charge in [0.05, 0.1) is 10.6 Å². The Kier molecular flexibility index (Phi) is 4.77. The second kappa shape index (κ2) is 5.87. The first-order valence-corrected chi connectivity index (χ1v) is 5.57. The molecule has 0 aliphatic rings. The Balaban J connectivity index is 2.59. The maximum absolute atomic E-state index is 11.7. The third-order valence-electron chi connectivity index (χ3n) is 2.21. The average molecular weight is 241 g/mol. The molecule has 0 spiro atoms. The van der Waals surface area contributed by atoms with Crippen molar-refractivity contribution in [3.05, 3.63) is 34.3 Å². The molecule has 0 aliphatic heterocycles. The van der Waals surface area contributed by atoms with Crippen LogP contribution >= 0.6 is 11.6 Å². The van der Waals surface area contributed by atoms with Crippen LogP contribution in [0.3, 0.4) is 0 Å². The zero-order valence-corrected chi connectivity index (χ0v) is 10.6. The van der Waals surface area contributed by atoms with Crippen molar-refractivity contribution in [2.75, 3.05) is 27.2 Å². The molecule has 0 bridgehead atoms. The van der Waals surface area contributed by atoms with Crippen LogP contribution in [0.1, 0.15) is 15.9 Å². The molecule has 4 heteroatoms. The van der Waals surface area contributed by atoms with E-state index in [2.05, 4.69) is 5.32 Å². The largest absolute Gasteiger partial charge is 0.351 e. The maximum Gasteiger partial charge on any atom is 0.252 e. The van der Waals surface area contributed by atoms with Gasteiger partial charge in [-0.05, 0) is 38.7 Å². The van der Waals surface area contributed by atoms with Crippen LogP contribution in [0, 0.1) is 6.92 Å². The SMILES string of the molecule is Cc1ccc(C(=O)NCCN(C)C)c(Cl)c1. The van der Waals surface area contributed by atoms with Gasteiger partial charge in [0.15, 0.2) is 0 Å². The summed E-state index contributed by atoms with van der Waals surface area (Å²) in [7, 11) is 3.93. The summed E-state index contributed by atoms with van der Waals surface area (Å²) in [5.74, 6) is -0.119. The number of aryl methyl sites for hydroxylation is 1. The van der Waals surface area contributed by atoms with E-state index in [0.29, 0.717) is 17.1 Å². The van der Waals surface area contributed by atoms with E-state index in [1.54, 1.807) is 12.1 Å². The number of nitrogens with zero attached hydrogens (tertiary/aromatic N) is 1. The first-order chi connectivity index (χ1) is 7.50. The Bertz CT molecular complexity index is 377. The van der Waals surface area contributed by atoms with Crippen molar-refractivity contribution in [1.29, 1.82) is 0 Å². The second-order valence-corrected chi connectivity index (χ2v) is 4.45. The molecule has 1 N–H and O–H groups in total. The molecule has 0 saturated heterocycles. The van der Waals surface area contributed by atoms with Crippen molar-refractivity contribution >= 4 is 17.5 Å². The van der Waals surface area contributed by atoms with Gasteiger partial charge in [0.1, 0.15) is 0 Å². The lowest BCUT2D eigenvalue weighted by Gasteiger charge is -2.11. The summed E-state index contributed by atoms with van der Waals surface area (Å²) < 4.78 is 0. The Morgan fingerprint density at radius 3 is 2.69 bits per heavy atom. The van der Waals surface area contributed by atoms with Crippen LogP contribution in [-0.2, 0) is 0 Å². The van der Waals surface area contributed by atoms with Crippen LogP contribution in [0.15, 0.2) is 18.2 Å². The number of nitrogens with one attached hydrogen (secondary N) is 1. The number of likely N-dealkylation sites (N-methyl/N-ethyl adjacent to an activating group) is 1. The van der Waals surface area contributed by atoms with Crippen molar-refractivity contribution in [2.24, 2.45) is 0 Å². The van der Waals surface area contributed by atoms with E-state index in [1.165, 1.54) is 0 Å². The fraction of sp³-hybridized carbons (Fsp3) is 0.417. The molecular formula is C12H17ClN2O. The van der Waals surface area contributed by atoms with Gasteiger partial charge in [-0.15, -0.1) is 0 Å². The molecule has 0 saturated carbocycles. The highest BCUT2D eigenvalue weighted by molar-refractivity contribution is 6.33. The Morgan fingerprint density at radius 2 is 2.12 bits per heavy atom. The molecule has 0 aromatic heterocycles. The molecule has 0 radical (unpaired) electrons. The van der Waals surface area contributed by atoms with Gasteiger partial charge in [-0.2, -0.15) is 0 Å². The van der Waals surface area contributed by atoms with E-state index in [1.807, 2.05) is 32.0 Å². The van der Waals surface area contributed by atoms with Gasteiger partial charge < -0.3 is 10.2 Å². The highest BCUT2D eigenvalue weighted by Crippen LogP contribution is 2.17. The molecule has 16 heavy (non-hydrogen) atoms. The first kappa shape index (κ1) is 13.0. The quantitative estimate of drug-likeness (QED) is 0.873. The fourth-order valence-electron chi connectivity index (χ4n) is 1.29. The topological polar surface area (TPSA) is 32.3 Å². The van der Waals surface area contributed by atoms with Gasteiger partial charge in [-0.1, -0.05) is 17.7 Å². The van der Waals surface area contributed by atoms with Gasteiger partial charge in [0.2, 0.25) is 0 Å². The Labute approximate surface area is 101 Å². The van der Waals surface area contributed by atoms with Crippen molar-refractivity contribution in [3.63, 3.8) is 0 Å². The van der Waals surface area contributed by atoms with Crippen molar-refractivity contribution in [3.8, 4) is 0 Å². The van der Waals surface area contributed by atoms with Gasteiger partial charge in [-0.25, -0.2) is 0 Å². The Hall–Kier alpha value is -1.06. The Morgan fingerprint density at radius 1 is 1.44 bits per heavy atom. The molecule has 88 valence electrons. The zero-order chi connectivity index (χ0) is 12.1. The maximum atomic E-state index is 11.7. The molecular weight excluding hydrogens is 224 g/mol. The number of amides is 1. The number of halogens is 1. The van der Waals surface area contributed by atoms with Crippen molar-refractivity contribution < 1.29 is 4.79 Å². The number of carbonyl (C=O) groups is 1. The van der Waals surface area contributed by atoms with Gasteiger partial charge >= 0.3 is 0 Å². The molecule has 1 aromatic rings. The number of rotatable bonds is 4. The average Bonchev–Trinajstić information content (AvgIpc) is 2.16. The predicted molar refractivity (Wildman–Crippen MR) is 67.1 cm³/mol. The van der Waals surface area contributed by atoms with E-state index in [-0.39, 0.29) is 5.91 Å². The number of hydrogen-bond donors (Lipinski definition) is 1. The number of hydrogen-bond acceptors (Lipinski definition) is 2. The van der Waals surface area contributed by atoms with Crippen molar-refractivity contribution in [1.82, 2.24) is 10.2 Å². The van der Waals surface area contributed by atoms with Crippen molar-refractivity contribution in [2.45, 2.75) is 6.92 Å². The molecule has 0 aliphatic carbocycles.